The van der Waals surface area contributed by atoms with E-state index in [4.69, 9.17) is 9.47 Å². The van der Waals surface area contributed by atoms with E-state index in [1.165, 1.54) is 0 Å². The van der Waals surface area contributed by atoms with E-state index in [0.29, 0.717) is 18.3 Å². The molecule has 6 nitrogen and oxygen atoms in total. The topological polar surface area (TPSA) is 99.5 Å². The van der Waals surface area contributed by atoms with Crippen molar-refractivity contribution in [3.05, 3.63) is 0 Å². The van der Waals surface area contributed by atoms with Crippen molar-refractivity contribution in [1.82, 2.24) is 0 Å². The molecule has 2 saturated heterocycles. The van der Waals surface area contributed by atoms with Crippen LogP contribution in [0, 0.1) is 56.7 Å². The molecule has 0 aromatic carbocycles. The molecule has 2 heterocycles. The summed E-state index contributed by atoms with van der Waals surface area (Å²) in [5, 5.41) is 32.6. The van der Waals surface area contributed by atoms with E-state index in [1.54, 1.807) is 0 Å². The number of epoxide rings is 1. The minimum Gasteiger partial charge on any atom is -0.455 e. The van der Waals surface area contributed by atoms with Gasteiger partial charge in [0.15, 0.2) is 5.60 Å². The summed E-state index contributed by atoms with van der Waals surface area (Å²) in [6.45, 7) is 13.7. The molecule has 0 aromatic heterocycles. The SMILES string of the molecule is C[C@H]1[C@H](C)CC[C@@]23CC[C@]4(C)[C@@](OC2=O)([C@H]13)[C@H]1O[C@H]1[C@@H]1[C@@]2(C)C[C@@H](O)[C@H](O)[C@](C)(CO)[C@@H]2CC[C@]14C. The van der Waals surface area contributed by atoms with E-state index in [1.807, 2.05) is 6.92 Å². The van der Waals surface area contributed by atoms with E-state index >= 15 is 0 Å². The maximum Gasteiger partial charge on any atom is 0.313 e. The second kappa shape index (κ2) is 6.71. The second-order valence-corrected chi connectivity index (χ2v) is 15.4. The van der Waals surface area contributed by atoms with E-state index in [9.17, 15) is 20.1 Å². The summed E-state index contributed by atoms with van der Waals surface area (Å²) >= 11 is 0. The molecule has 3 N–H and O–H groups in total. The van der Waals surface area contributed by atoms with E-state index in [0.717, 1.165) is 38.5 Å². The summed E-state index contributed by atoms with van der Waals surface area (Å²) in [6, 6.07) is 0. The lowest BCUT2D eigenvalue weighted by atomic mass is 9.30. The Balaban J connectivity index is 1.39. The van der Waals surface area contributed by atoms with Crippen molar-refractivity contribution in [2.24, 2.45) is 56.7 Å². The molecule has 7 aliphatic rings. The molecule has 2 aliphatic heterocycles. The molecular weight excluding hydrogens is 456 g/mol. The molecule has 0 radical (unpaired) electrons. The average Bonchev–Trinajstić information content (AvgIpc) is 3.57. The summed E-state index contributed by atoms with van der Waals surface area (Å²) in [5.74, 6) is 1.48. The van der Waals surface area contributed by atoms with Gasteiger partial charge in [-0.05, 0) is 79.4 Å². The highest BCUT2D eigenvalue weighted by Crippen LogP contribution is 2.83. The summed E-state index contributed by atoms with van der Waals surface area (Å²) in [4.78, 5) is 13.8. The number of esters is 1. The molecule has 7 fully saturated rings. The zero-order valence-electron chi connectivity index (χ0n) is 22.9. The van der Waals surface area contributed by atoms with Crippen molar-refractivity contribution in [1.29, 1.82) is 0 Å². The first-order valence-electron chi connectivity index (χ1n) is 14.6. The number of carbonyl (C=O) groups excluding carboxylic acids is 1. The predicted octanol–water partition coefficient (Wildman–Crippen LogP) is 3.69. The number of aliphatic hydroxyl groups is 3. The van der Waals surface area contributed by atoms with E-state index < -0.39 is 23.2 Å². The third-order valence-electron chi connectivity index (χ3n) is 14.6. The molecule has 0 unspecified atom stereocenters. The highest BCUT2D eigenvalue weighted by atomic mass is 16.6. The van der Waals surface area contributed by atoms with Gasteiger partial charge in [0.05, 0.1) is 30.3 Å². The average molecular weight is 503 g/mol. The third-order valence-corrected chi connectivity index (χ3v) is 14.6. The smallest absolute Gasteiger partial charge is 0.313 e. The fourth-order valence-electron chi connectivity index (χ4n) is 12.6. The Morgan fingerprint density at radius 2 is 1.69 bits per heavy atom. The van der Waals surface area contributed by atoms with Crippen LogP contribution in [0.25, 0.3) is 0 Å². The van der Waals surface area contributed by atoms with Crippen LogP contribution in [0.5, 0.6) is 0 Å². The minimum atomic E-state index is -0.929. The number of hydrogen-bond donors (Lipinski definition) is 3. The summed E-state index contributed by atoms with van der Waals surface area (Å²) in [6.07, 6.45) is 4.38. The summed E-state index contributed by atoms with van der Waals surface area (Å²) in [5.41, 5.74) is -2.32. The first-order chi connectivity index (χ1) is 16.8. The van der Waals surface area contributed by atoms with Gasteiger partial charge in [-0.1, -0.05) is 41.5 Å². The van der Waals surface area contributed by atoms with Gasteiger partial charge in [-0.3, -0.25) is 4.79 Å². The van der Waals surface area contributed by atoms with Crippen LogP contribution in [0.2, 0.25) is 0 Å². The molecule has 6 heteroatoms. The van der Waals surface area contributed by atoms with Gasteiger partial charge in [0, 0.05) is 16.7 Å². The van der Waals surface area contributed by atoms with Crippen LogP contribution < -0.4 is 0 Å². The van der Waals surface area contributed by atoms with E-state index in [-0.39, 0.29) is 64.2 Å². The lowest BCUT2D eigenvalue weighted by molar-refractivity contribution is -0.290. The third kappa shape index (κ3) is 2.21. The van der Waals surface area contributed by atoms with Crippen molar-refractivity contribution < 1.29 is 29.6 Å². The largest absolute Gasteiger partial charge is 0.455 e. The second-order valence-electron chi connectivity index (χ2n) is 15.4. The Labute approximate surface area is 215 Å². The molecule has 202 valence electrons. The highest BCUT2D eigenvalue weighted by molar-refractivity contribution is 5.82. The molecular formula is C30H46O6. The Hall–Kier alpha value is -0.690. The molecule has 15 atom stereocenters. The number of aliphatic hydroxyl groups excluding tert-OH is 3. The molecule has 2 bridgehead atoms. The number of fused-ring (bicyclic) bond motifs is 6. The van der Waals surface area contributed by atoms with Crippen molar-refractivity contribution in [2.75, 3.05) is 6.61 Å². The number of rotatable bonds is 1. The summed E-state index contributed by atoms with van der Waals surface area (Å²) in [7, 11) is 0. The van der Waals surface area contributed by atoms with Gasteiger partial charge in [-0.25, -0.2) is 0 Å². The number of hydrogen-bond acceptors (Lipinski definition) is 6. The Morgan fingerprint density at radius 1 is 0.972 bits per heavy atom. The molecule has 0 amide bonds. The van der Waals surface area contributed by atoms with Crippen LogP contribution in [0.15, 0.2) is 0 Å². The van der Waals surface area contributed by atoms with Gasteiger partial charge in [-0.15, -0.1) is 0 Å². The Kier molecular flexibility index (Phi) is 4.54. The maximum absolute atomic E-state index is 13.8. The quantitative estimate of drug-likeness (QED) is 0.374. The van der Waals surface area contributed by atoms with Gasteiger partial charge < -0.3 is 24.8 Å². The molecule has 36 heavy (non-hydrogen) atoms. The number of ether oxygens (including phenoxy) is 2. The summed E-state index contributed by atoms with van der Waals surface area (Å²) < 4.78 is 13.5. The first kappa shape index (κ1) is 24.4. The monoisotopic (exact) mass is 502 g/mol. The van der Waals surface area contributed by atoms with Gasteiger partial charge in [0.2, 0.25) is 0 Å². The van der Waals surface area contributed by atoms with Crippen LogP contribution >= 0.6 is 0 Å². The van der Waals surface area contributed by atoms with Crippen LogP contribution in [0.1, 0.15) is 86.5 Å². The maximum atomic E-state index is 13.8. The molecule has 7 rings (SSSR count). The normalized spacial score (nSPS) is 66.9. The lowest BCUT2D eigenvalue weighted by Crippen LogP contribution is -2.76. The minimum absolute atomic E-state index is 0.00704. The van der Waals surface area contributed by atoms with Crippen molar-refractivity contribution >= 4 is 5.97 Å². The first-order valence-corrected chi connectivity index (χ1v) is 14.6. The van der Waals surface area contributed by atoms with E-state index in [2.05, 4.69) is 34.6 Å². The zero-order valence-corrected chi connectivity index (χ0v) is 22.9. The molecule has 5 aliphatic carbocycles. The van der Waals surface area contributed by atoms with Crippen molar-refractivity contribution in [3.63, 3.8) is 0 Å². The lowest BCUT2D eigenvalue weighted by Gasteiger charge is -2.73. The van der Waals surface area contributed by atoms with Crippen LogP contribution in [-0.2, 0) is 14.3 Å². The van der Waals surface area contributed by atoms with Gasteiger partial charge in [0.1, 0.15) is 6.10 Å². The van der Waals surface area contributed by atoms with Crippen LogP contribution in [-0.4, -0.2) is 57.9 Å². The van der Waals surface area contributed by atoms with Gasteiger partial charge in [-0.2, -0.15) is 0 Å². The molecule has 0 aromatic rings. The molecule has 5 saturated carbocycles. The fraction of sp³-hybridized carbons (Fsp3) is 0.967. The predicted molar refractivity (Wildman–Crippen MR) is 133 cm³/mol. The van der Waals surface area contributed by atoms with Crippen LogP contribution in [0.4, 0.5) is 0 Å². The zero-order chi connectivity index (χ0) is 25.8. The fourth-order valence-corrected chi connectivity index (χ4v) is 12.6. The van der Waals surface area contributed by atoms with Crippen molar-refractivity contribution in [3.8, 4) is 0 Å². The highest BCUT2D eigenvalue weighted by Gasteiger charge is 2.89. The van der Waals surface area contributed by atoms with Gasteiger partial charge in [0.25, 0.3) is 0 Å². The van der Waals surface area contributed by atoms with Gasteiger partial charge >= 0.3 is 5.97 Å². The van der Waals surface area contributed by atoms with Crippen LogP contribution in [0.3, 0.4) is 0 Å². The standard InChI is InChI=1S/C30H46O6/c1-15-7-10-29-12-11-28(6)27(5)9-8-18-25(3,13-17(32)22(33)26(18,4)14-31)21(27)19-23(35-19)30(28,36-24(29)34)20(29)16(15)2/h15-23,31-33H,7-14H2,1-6H3/t15-,16+,17-,18-,19+,20-,21-,22+,23+,25+,26-,27-,28+,29+,30-/m1/s1. The Morgan fingerprint density at radius 3 is 2.39 bits per heavy atom. The Bertz CT molecular complexity index is 1020. The van der Waals surface area contributed by atoms with Crippen molar-refractivity contribution in [2.45, 2.75) is 117 Å². The molecule has 1 spiro atoms. The number of carbonyl (C=O) groups is 1.